The van der Waals surface area contributed by atoms with E-state index in [0.29, 0.717) is 12.0 Å². The Kier molecular flexibility index (Phi) is 5.94. The molecule has 142 valence electrons. The highest BCUT2D eigenvalue weighted by Gasteiger charge is 2.23. The molecule has 0 saturated carbocycles. The summed E-state index contributed by atoms with van der Waals surface area (Å²) < 4.78 is 0. The van der Waals surface area contributed by atoms with E-state index in [1.807, 2.05) is 31.2 Å². The molecule has 4 heteroatoms. The molecule has 2 aromatic carbocycles. The number of carbonyl (C=O) groups excluding carboxylic acids is 2. The summed E-state index contributed by atoms with van der Waals surface area (Å²) in [4.78, 5) is 25.6. The molecule has 0 bridgehead atoms. The molecule has 0 spiro atoms. The number of benzene rings is 2. The first-order valence-electron chi connectivity index (χ1n) is 9.73. The molecule has 0 heterocycles. The molecular formula is C23H28N2O2. The van der Waals surface area contributed by atoms with Crippen LogP contribution in [0.2, 0.25) is 0 Å². The van der Waals surface area contributed by atoms with Gasteiger partial charge in [-0.1, -0.05) is 38.1 Å². The van der Waals surface area contributed by atoms with Crippen LogP contribution in [0.5, 0.6) is 0 Å². The molecule has 0 fully saturated rings. The van der Waals surface area contributed by atoms with Crippen LogP contribution in [0, 0.1) is 12.8 Å². The van der Waals surface area contributed by atoms with Gasteiger partial charge in [-0.2, -0.15) is 0 Å². The average molecular weight is 364 g/mol. The summed E-state index contributed by atoms with van der Waals surface area (Å²) in [6.45, 7) is 6.00. The Morgan fingerprint density at radius 2 is 1.78 bits per heavy atom. The molecule has 0 aromatic heterocycles. The quantitative estimate of drug-likeness (QED) is 0.804. The van der Waals surface area contributed by atoms with Crippen molar-refractivity contribution >= 4 is 17.5 Å². The number of amides is 2. The smallest absolute Gasteiger partial charge is 0.252 e. The first kappa shape index (κ1) is 19.2. The molecule has 2 N–H and O–H groups in total. The molecule has 1 aliphatic carbocycles. The Labute approximate surface area is 161 Å². The molecule has 0 saturated heterocycles. The number of hydrogen-bond acceptors (Lipinski definition) is 2. The number of hydrogen-bond donors (Lipinski definition) is 2. The summed E-state index contributed by atoms with van der Waals surface area (Å²) in [5, 5.41) is 5.92. The monoisotopic (exact) mass is 364 g/mol. The highest BCUT2D eigenvalue weighted by atomic mass is 16.2. The predicted octanol–water partition coefficient (Wildman–Crippen LogP) is 4.27. The molecule has 1 aliphatic rings. The lowest BCUT2D eigenvalue weighted by molar-refractivity contribution is -0.118. The van der Waals surface area contributed by atoms with E-state index in [-0.39, 0.29) is 17.7 Å². The van der Waals surface area contributed by atoms with Gasteiger partial charge in [0.2, 0.25) is 5.91 Å². The van der Waals surface area contributed by atoms with Crippen molar-refractivity contribution in [3.8, 4) is 0 Å². The molecule has 4 nitrogen and oxygen atoms in total. The van der Waals surface area contributed by atoms with Crippen molar-refractivity contribution in [3.63, 3.8) is 0 Å². The number of anilines is 1. The molecule has 0 unspecified atom stereocenters. The Bertz CT molecular complexity index is 842. The maximum absolute atomic E-state index is 12.9. The lowest BCUT2D eigenvalue weighted by Gasteiger charge is -2.21. The topological polar surface area (TPSA) is 58.2 Å². The third-order valence-electron chi connectivity index (χ3n) is 5.08. The SMILES string of the molecule is Cc1ccccc1C(=O)N[C@@H](CC(C)C)C(=O)Nc1ccc2c(c1)CCC2. The van der Waals surface area contributed by atoms with Gasteiger partial charge in [0.25, 0.3) is 5.91 Å². The van der Waals surface area contributed by atoms with Gasteiger partial charge in [-0.15, -0.1) is 0 Å². The predicted molar refractivity (Wildman–Crippen MR) is 109 cm³/mol. The molecule has 0 aliphatic heterocycles. The highest BCUT2D eigenvalue weighted by Crippen LogP contribution is 2.25. The van der Waals surface area contributed by atoms with Crippen LogP contribution in [-0.2, 0) is 17.6 Å². The average Bonchev–Trinajstić information content (AvgIpc) is 3.08. The van der Waals surface area contributed by atoms with Gasteiger partial charge in [0.1, 0.15) is 6.04 Å². The third-order valence-corrected chi connectivity index (χ3v) is 5.08. The molecule has 3 rings (SSSR count). The largest absolute Gasteiger partial charge is 0.340 e. The number of nitrogens with one attached hydrogen (secondary N) is 2. The Morgan fingerprint density at radius 1 is 1.04 bits per heavy atom. The number of aryl methyl sites for hydroxylation is 3. The summed E-state index contributed by atoms with van der Waals surface area (Å²) in [6, 6.07) is 13.0. The summed E-state index contributed by atoms with van der Waals surface area (Å²) >= 11 is 0. The van der Waals surface area contributed by atoms with E-state index < -0.39 is 6.04 Å². The van der Waals surface area contributed by atoms with Gasteiger partial charge in [-0.3, -0.25) is 9.59 Å². The van der Waals surface area contributed by atoms with E-state index in [0.717, 1.165) is 24.1 Å². The molecule has 0 radical (unpaired) electrons. The minimum atomic E-state index is -0.564. The zero-order valence-electron chi connectivity index (χ0n) is 16.3. The van der Waals surface area contributed by atoms with Gasteiger partial charge in [0.15, 0.2) is 0 Å². The van der Waals surface area contributed by atoms with Crippen LogP contribution in [0.1, 0.15) is 53.7 Å². The second-order valence-corrected chi connectivity index (χ2v) is 7.80. The van der Waals surface area contributed by atoms with Gasteiger partial charge >= 0.3 is 0 Å². The number of fused-ring (bicyclic) bond motifs is 1. The van der Waals surface area contributed by atoms with Crippen molar-refractivity contribution in [2.45, 2.75) is 52.5 Å². The van der Waals surface area contributed by atoms with E-state index in [2.05, 4.69) is 36.6 Å². The van der Waals surface area contributed by atoms with Crippen LogP contribution in [0.3, 0.4) is 0 Å². The number of carbonyl (C=O) groups is 2. The maximum Gasteiger partial charge on any atom is 0.252 e. The molecule has 2 aromatic rings. The van der Waals surface area contributed by atoms with Crippen molar-refractivity contribution in [2.75, 3.05) is 5.32 Å². The number of rotatable bonds is 6. The molecule has 2 amide bonds. The lowest BCUT2D eigenvalue weighted by atomic mass is 10.0. The third kappa shape index (κ3) is 4.76. The van der Waals surface area contributed by atoms with E-state index >= 15 is 0 Å². The molecular weight excluding hydrogens is 336 g/mol. The molecule has 1 atom stereocenters. The fourth-order valence-electron chi connectivity index (χ4n) is 3.65. The van der Waals surface area contributed by atoms with Gasteiger partial charge < -0.3 is 10.6 Å². The minimum Gasteiger partial charge on any atom is -0.340 e. The van der Waals surface area contributed by atoms with Crippen LogP contribution in [0.15, 0.2) is 42.5 Å². The van der Waals surface area contributed by atoms with Crippen LogP contribution in [0.4, 0.5) is 5.69 Å². The second-order valence-electron chi connectivity index (χ2n) is 7.80. The van der Waals surface area contributed by atoms with Crippen LogP contribution in [0.25, 0.3) is 0 Å². The Balaban J connectivity index is 1.72. The summed E-state index contributed by atoms with van der Waals surface area (Å²) in [5.41, 5.74) is 5.00. The Hall–Kier alpha value is -2.62. The van der Waals surface area contributed by atoms with Crippen molar-refractivity contribution in [1.29, 1.82) is 0 Å². The summed E-state index contributed by atoms with van der Waals surface area (Å²) in [6.07, 6.45) is 3.95. The fraction of sp³-hybridized carbons (Fsp3) is 0.391. The van der Waals surface area contributed by atoms with Crippen LogP contribution in [-0.4, -0.2) is 17.9 Å². The maximum atomic E-state index is 12.9. The normalized spacial score (nSPS) is 13.9. The zero-order valence-corrected chi connectivity index (χ0v) is 16.3. The van der Waals surface area contributed by atoms with Crippen molar-refractivity contribution in [2.24, 2.45) is 5.92 Å². The van der Waals surface area contributed by atoms with Crippen molar-refractivity contribution < 1.29 is 9.59 Å². The lowest BCUT2D eigenvalue weighted by Crippen LogP contribution is -2.44. The zero-order chi connectivity index (χ0) is 19.4. The first-order chi connectivity index (χ1) is 12.9. The van der Waals surface area contributed by atoms with Gasteiger partial charge in [-0.25, -0.2) is 0 Å². The van der Waals surface area contributed by atoms with Crippen LogP contribution >= 0.6 is 0 Å². The first-order valence-corrected chi connectivity index (χ1v) is 9.73. The standard InChI is InChI=1S/C23H28N2O2/c1-15(2)13-21(25-22(26)20-10-5-4-7-16(20)3)23(27)24-19-12-11-17-8-6-9-18(17)14-19/h4-5,7,10-12,14-15,21H,6,8-9,13H2,1-3H3,(H,24,27)(H,25,26)/t21-/m0/s1. The van der Waals surface area contributed by atoms with Gasteiger partial charge in [-0.05, 0) is 73.4 Å². The summed E-state index contributed by atoms with van der Waals surface area (Å²) in [7, 11) is 0. The molecule has 27 heavy (non-hydrogen) atoms. The van der Waals surface area contributed by atoms with E-state index in [9.17, 15) is 9.59 Å². The van der Waals surface area contributed by atoms with E-state index in [4.69, 9.17) is 0 Å². The highest BCUT2D eigenvalue weighted by molar-refractivity contribution is 6.01. The van der Waals surface area contributed by atoms with Crippen molar-refractivity contribution in [1.82, 2.24) is 5.32 Å². The second kappa shape index (κ2) is 8.38. The van der Waals surface area contributed by atoms with Crippen molar-refractivity contribution in [3.05, 3.63) is 64.7 Å². The van der Waals surface area contributed by atoms with E-state index in [1.54, 1.807) is 6.07 Å². The van der Waals surface area contributed by atoms with Crippen LogP contribution < -0.4 is 10.6 Å². The summed E-state index contributed by atoms with van der Waals surface area (Å²) in [5.74, 6) is -0.0793. The van der Waals surface area contributed by atoms with Gasteiger partial charge in [0.05, 0.1) is 0 Å². The van der Waals surface area contributed by atoms with Gasteiger partial charge in [0, 0.05) is 11.3 Å². The minimum absolute atomic E-state index is 0.163. The fourth-order valence-corrected chi connectivity index (χ4v) is 3.65. The van der Waals surface area contributed by atoms with E-state index in [1.165, 1.54) is 17.5 Å². The Morgan fingerprint density at radius 3 is 2.52 bits per heavy atom.